The fraction of sp³-hybridized carbons (Fsp3) is 0.923. The largest absolute Gasteiger partial charge is 0.480 e. The summed E-state index contributed by atoms with van der Waals surface area (Å²) in [6.45, 7) is 0. The van der Waals surface area contributed by atoms with Crippen LogP contribution in [0.5, 0.6) is 0 Å². The van der Waals surface area contributed by atoms with E-state index in [0.29, 0.717) is 12.3 Å². The van der Waals surface area contributed by atoms with Crippen LogP contribution in [0.1, 0.15) is 51.4 Å². The van der Waals surface area contributed by atoms with Gasteiger partial charge < -0.3 is 10.8 Å². The van der Waals surface area contributed by atoms with Gasteiger partial charge in [-0.3, -0.25) is 4.79 Å². The van der Waals surface area contributed by atoms with E-state index in [0.717, 1.165) is 11.8 Å². The Morgan fingerprint density at radius 1 is 1.19 bits per heavy atom. The summed E-state index contributed by atoms with van der Waals surface area (Å²) in [4.78, 5) is 10.7. The summed E-state index contributed by atoms with van der Waals surface area (Å²) in [6.07, 6.45) is 9.96. The molecule has 16 heavy (non-hydrogen) atoms. The van der Waals surface area contributed by atoms with Gasteiger partial charge in [-0.05, 0) is 37.0 Å². The monoisotopic (exact) mass is 225 g/mol. The zero-order chi connectivity index (χ0) is 11.5. The molecule has 0 spiro atoms. The first-order valence-corrected chi connectivity index (χ1v) is 6.65. The first-order chi connectivity index (χ1) is 7.66. The molecule has 92 valence electrons. The molecule has 0 saturated heterocycles. The third-order valence-corrected chi connectivity index (χ3v) is 4.55. The molecule has 0 aliphatic heterocycles. The molecule has 2 aliphatic rings. The van der Waals surface area contributed by atoms with Crippen LogP contribution in [0.3, 0.4) is 0 Å². The average molecular weight is 225 g/mol. The van der Waals surface area contributed by atoms with Gasteiger partial charge in [0.1, 0.15) is 6.04 Å². The van der Waals surface area contributed by atoms with Crippen LogP contribution in [0.25, 0.3) is 0 Å². The van der Waals surface area contributed by atoms with Gasteiger partial charge in [-0.1, -0.05) is 32.1 Å². The van der Waals surface area contributed by atoms with Gasteiger partial charge in [0.25, 0.3) is 0 Å². The molecule has 0 amide bonds. The summed E-state index contributed by atoms with van der Waals surface area (Å²) in [6, 6.07) is -0.648. The Bertz CT molecular complexity index is 254. The van der Waals surface area contributed by atoms with Crippen molar-refractivity contribution in [2.75, 3.05) is 0 Å². The van der Waals surface area contributed by atoms with Crippen LogP contribution in [0.2, 0.25) is 0 Å². The van der Waals surface area contributed by atoms with Crippen LogP contribution in [0.15, 0.2) is 0 Å². The summed E-state index contributed by atoms with van der Waals surface area (Å²) in [5.74, 6) is 1.52. The van der Waals surface area contributed by atoms with Crippen LogP contribution in [-0.4, -0.2) is 17.1 Å². The minimum Gasteiger partial charge on any atom is -0.480 e. The standard InChI is InChI=1S/C13H23NO2/c14-12(13(15)16)8-9-5-6-10-3-1-2-4-11(10)7-9/h9-12H,1-8,14H2,(H,15,16)/t9?,10?,11?,12-/m0/s1. The molecule has 0 aromatic heterocycles. The van der Waals surface area contributed by atoms with Crippen molar-refractivity contribution in [3.05, 3.63) is 0 Å². The van der Waals surface area contributed by atoms with Gasteiger partial charge in [-0.15, -0.1) is 0 Å². The molecule has 2 rings (SSSR count). The van der Waals surface area contributed by atoms with Crippen LogP contribution < -0.4 is 5.73 Å². The lowest BCUT2D eigenvalue weighted by atomic mass is 9.66. The predicted molar refractivity (Wildman–Crippen MR) is 63.0 cm³/mol. The highest BCUT2D eigenvalue weighted by molar-refractivity contribution is 5.73. The van der Waals surface area contributed by atoms with E-state index in [1.807, 2.05) is 0 Å². The van der Waals surface area contributed by atoms with E-state index < -0.39 is 12.0 Å². The number of carboxylic acid groups (broad SMARTS) is 1. The van der Waals surface area contributed by atoms with Crippen molar-refractivity contribution in [1.29, 1.82) is 0 Å². The normalized spacial score (nSPS) is 36.4. The highest BCUT2D eigenvalue weighted by Gasteiger charge is 2.33. The van der Waals surface area contributed by atoms with Gasteiger partial charge >= 0.3 is 5.97 Å². The maximum atomic E-state index is 10.7. The van der Waals surface area contributed by atoms with Gasteiger partial charge in [-0.25, -0.2) is 0 Å². The van der Waals surface area contributed by atoms with Gasteiger partial charge in [0.05, 0.1) is 0 Å². The fourth-order valence-electron chi connectivity index (χ4n) is 3.64. The SMILES string of the molecule is N[C@@H](CC1CCC2CCCCC2C1)C(=O)O. The quantitative estimate of drug-likeness (QED) is 0.775. The first kappa shape index (κ1) is 11.9. The van der Waals surface area contributed by atoms with Gasteiger partial charge in [0.15, 0.2) is 0 Å². The summed E-state index contributed by atoms with van der Waals surface area (Å²) < 4.78 is 0. The van der Waals surface area contributed by atoms with Gasteiger partial charge in [-0.2, -0.15) is 0 Å². The summed E-state index contributed by atoms with van der Waals surface area (Å²) in [5, 5.41) is 8.82. The number of carbonyl (C=O) groups is 1. The Morgan fingerprint density at radius 2 is 1.88 bits per heavy atom. The Balaban J connectivity index is 1.83. The fourth-order valence-corrected chi connectivity index (χ4v) is 3.64. The van der Waals surface area contributed by atoms with Gasteiger partial charge in [0, 0.05) is 0 Å². The summed E-state index contributed by atoms with van der Waals surface area (Å²) in [5.41, 5.74) is 5.62. The lowest BCUT2D eigenvalue weighted by Crippen LogP contribution is -2.35. The third kappa shape index (κ3) is 2.76. The molecule has 3 nitrogen and oxygen atoms in total. The van der Waals surface area contributed by atoms with Crippen molar-refractivity contribution in [2.24, 2.45) is 23.5 Å². The minimum absolute atomic E-state index is 0.561. The van der Waals surface area contributed by atoms with Crippen LogP contribution >= 0.6 is 0 Å². The van der Waals surface area contributed by atoms with Crippen molar-refractivity contribution >= 4 is 5.97 Å². The molecule has 3 unspecified atom stereocenters. The molecular formula is C13H23NO2. The number of hydrogen-bond donors (Lipinski definition) is 2. The molecule has 2 fully saturated rings. The maximum Gasteiger partial charge on any atom is 0.320 e. The topological polar surface area (TPSA) is 63.3 Å². The molecule has 2 aliphatic carbocycles. The van der Waals surface area contributed by atoms with Crippen LogP contribution in [-0.2, 0) is 4.79 Å². The Hall–Kier alpha value is -0.570. The Labute approximate surface area is 97.4 Å². The molecule has 0 aromatic carbocycles. The number of hydrogen-bond acceptors (Lipinski definition) is 2. The second-order valence-corrected chi connectivity index (χ2v) is 5.66. The van der Waals surface area contributed by atoms with Crippen LogP contribution in [0, 0.1) is 17.8 Å². The number of carboxylic acids is 1. The van der Waals surface area contributed by atoms with E-state index in [2.05, 4.69) is 0 Å². The molecular weight excluding hydrogens is 202 g/mol. The summed E-state index contributed by atoms with van der Waals surface area (Å²) >= 11 is 0. The lowest BCUT2D eigenvalue weighted by Gasteiger charge is -2.39. The number of rotatable bonds is 3. The molecule has 0 bridgehead atoms. The third-order valence-electron chi connectivity index (χ3n) is 4.55. The van der Waals surface area contributed by atoms with E-state index in [4.69, 9.17) is 10.8 Å². The van der Waals surface area contributed by atoms with Crippen molar-refractivity contribution < 1.29 is 9.90 Å². The van der Waals surface area contributed by atoms with E-state index in [-0.39, 0.29) is 0 Å². The molecule has 3 N–H and O–H groups in total. The predicted octanol–water partition coefficient (Wildman–Crippen LogP) is 2.39. The molecule has 0 aromatic rings. The van der Waals surface area contributed by atoms with Crippen molar-refractivity contribution in [3.63, 3.8) is 0 Å². The van der Waals surface area contributed by atoms with Crippen molar-refractivity contribution in [1.82, 2.24) is 0 Å². The molecule has 0 heterocycles. The molecule has 2 saturated carbocycles. The number of nitrogens with two attached hydrogens (primary N) is 1. The van der Waals surface area contributed by atoms with E-state index in [9.17, 15) is 4.79 Å². The first-order valence-electron chi connectivity index (χ1n) is 6.65. The number of aliphatic carboxylic acids is 1. The number of fused-ring (bicyclic) bond motifs is 1. The average Bonchev–Trinajstić information content (AvgIpc) is 2.28. The Morgan fingerprint density at radius 3 is 2.56 bits per heavy atom. The Kier molecular flexibility index (Phi) is 3.85. The van der Waals surface area contributed by atoms with Gasteiger partial charge in [0.2, 0.25) is 0 Å². The van der Waals surface area contributed by atoms with E-state index in [1.54, 1.807) is 0 Å². The second-order valence-electron chi connectivity index (χ2n) is 5.66. The summed E-state index contributed by atoms with van der Waals surface area (Å²) in [7, 11) is 0. The lowest BCUT2D eigenvalue weighted by molar-refractivity contribution is -0.139. The van der Waals surface area contributed by atoms with E-state index >= 15 is 0 Å². The molecule has 0 radical (unpaired) electrons. The highest BCUT2D eigenvalue weighted by atomic mass is 16.4. The van der Waals surface area contributed by atoms with Crippen molar-refractivity contribution in [3.8, 4) is 0 Å². The zero-order valence-electron chi connectivity index (χ0n) is 9.90. The zero-order valence-corrected chi connectivity index (χ0v) is 9.90. The maximum absolute atomic E-state index is 10.7. The minimum atomic E-state index is -0.842. The second kappa shape index (κ2) is 5.17. The molecule has 3 heteroatoms. The van der Waals surface area contributed by atoms with Crippen molar-refractivity contribution in [2.45, 2.75) is 57.4 Å². The van der Waals surface area contributed by atoms with E-state index in [1.165, 1.54) is 44.9 Å². The van der Waals surface area contributed by atoms with Crippen LogP contribution in [0.4, 0.5) is 0 Å². The highest BCUT2D eigenvalue weighted by Crippen LogP contribution is 2.43. The smallest absolute Gasteiger partial charge is 0.320 e. The molecule has 4 atom stereocenters.